The Balaban J connectivity index is 1.71. The van der Waals surface area contributed by atoms with Gasteiger partial charge in [-0.1, -0.05) is 23.5 Å². The summed E-state index contributed by atoms with van der Waals surface area (Å²) in [6.45, 7) is 0.501. The number of hydrogen-bond acceptors (Lipinski definition) is 6. The normalized spacial score (nSPS) is 12.3. The first kappa shape index (κ1) is 18.2. The van der Waals surface area contributed by atoms with Crippen molar-refractivity contribution in [3.63, 3.8) is 0 Å². The van der Waals surface area contributed by atoms with Crippen molar-refractivity contribution in [3.05, 3.63) is 53.6 Å². The van der Waals surface area contributed by atoms with Gasteiger partial charge in [-0.15, -0.1) is 0 Å². The maximum atomic E-state index is 12.6. The quantitative estimate of drug-likeness (QED) is 0.697. The van der Waals surface area contributed by atoms with Gasteiger partial charge in [-0.3, -0.25) is 4.79 Å². The van der Waals surface area contributed by atoms with Gasteiger partial charge in [0.05, 0.1) is 23.4 Å². The van der Waals surface area contributed by atoms with Crippen LogP contribution in [0, 0.1) is 0 Å². The molecule has 0 aliphatic rings. The van der Waals surface area contributed by atoms with E-state index in [9.17, 15) is 4.79 Å². The van der Waals surface area contributed by atoms with Gasteiger partial charge in [-0.05, 0) is 50.0 Å². The predicted molar refractivity (Wildman–Crippen MR) is 106 cm³/mol. The summed E-state index contributed by atoms with van der Waals surface area (Å²) in [6, 6.07) is 13.4. The number of rotatable bonds is 6. The Bertz CT molecular complexity index is 906. The Morgan fingerprint density at radius 1 is 1.27 bits per heavy atom. The number of carbonyl (C=O) groups excluding carboxylic acids is 1. The molecule has 7 heteroatoms. The number of aromatic nitrogens is 1. The van der Waals surface area contributed by atoms with Crippen LogP contribution in [0.3, 0.4) is 0 Å². The van der Waals surface area contributed by atoms with E-state index < -0.39 is 0 Å². The zero-order valence-electron chi connectivity index (χ0n) is 15.0. The van der Waals surface area contributed by atoms with Crippen LogP contribution in [-0.4, -0.2) is 43.5 Å². The van der Waals surface area contributed by atoms with Gasteiger partial charge in [0.2, 0.25) is 0 Å². The molecule has 0 aliphatic carbocycles. The average Bonchev–Trinajstić information content (AvgIpc) is 3.01. The van der Waals surface area contributed by atoms with Gasteiger partial charge in [0.15, 0.2) is 5.13 Å². The van der Waals surface area contributed by atoms with Crippen LogP contribution in [0.2, 0.25) is 0 Å². The summed E-state index contributed by atoms with van der Waals surface area (Å²) in [5, 5.41) is 3.52. The molecule has 0 saturated carbocycles. The summed E-state index contributed by atoms with van der Waals surface area (Å²) < 4.78 is 6.12. The first-order chi connectivity index (χ1) is 12.5. The highest BCUT2D eigenvalue weighted by Gasteiger charge is 2.16. The standard InChI is InChI=1S/C19H22N4O2S/c1-23(2)16(12-4-7-14(25-3)8-5-12)11-21-18(24)13-6-9-15-17(10-13)26-19(20)22-15/h4-10,16H,11H2,1-3H3,(H2,20,22)(H,21,24)/t16-/m1/s1. The van der Waals surface area contributed by atoms with Crippen LogP contribution in [0.5, 0.6) is 5.75 Å². The van der Waals surface area contributed by atoms with Gasteiger partial charge in [-0.25, -0.2) is 4.98 Å². The van der Waals surface area contributed by atoms with Crippen molar-refractivity contribution in [2.24, 2.45) is 0 Å². The fourth-order valence-electron chi connectivity index (χ4n) is 2.80. The first-order valence-electron chi connectivity index (χ1n) is 8.22. The van der Waals surface area contributed by atoms with E-state index in [-0.39, 0.29) is 11.9 Å². The largest absolute Gasteiger partial charge is 0.497 e. The summed E-state index contributed by atoms with van der Waals surface area (Å²) in [4.78, 5) is 18.8. The van der Waals surface area contributed by atoms with Gasteiger partial charge in [-0.2, -0.15) is 0 Å². The number of nitrogens with one attached hydrogen (secondary N) is 1. The van der Waals surface area contributed by atoms with Crippen molar-refractivity contribution in [1.29, 1.82) is 0 Å². The average molecular weight is 370 g/mol. The molecule has 2 aromatic carbocycles. The molecule has 6 nitrogen and oxygen atoms in total. The van der Waals surface area contributed by atoms with Gasteiger partial charge in [0.25, 0.3) is 5.91 Å². The number of thiazole rings is 1. The third kappa shape index (κ3) is 3.95. The van der Waals surface area contributed by atoms with Crippen molar-refractivity contribution >= 4 is 32.6 Å². The number of likely N-dealkylation sites (N-methyl/N-ethyl adjacent to an activating group) is 1. The monoisotopic (exact) mass is 370 g/mol. The minimum Gasteiger partial charge on any atom is -0.497 e. The van der Waals surface area contributed by atoms with Crippen LogP contribution < -0.4 is 15.8 Å². The van der Waals surface area contributed by atoms with E-state index in [4.69, 9.17) is 10.5 Å². The van der Waals surface area contributed by atoms with E-state index in [1.807, 2.05) is 50.5 Å². The van der Waals surface area contributed by atoms with Crippen molar-refractivity contribution in [2.45, 2.75) is 6.04 Å². The van der Waals surface area contributed by atoms with E-state index >= 15 is 0 Å². The number of methoxy groups -OCH3 is 1. The zero-order chi connectivity index (χ0) is 18.7. The molecular weight excluding hydrogens is 348 g/mol. The van der Waals surface area contributed by atoms with Gasteiger partial charge < -0.3 is 20.7 Å². The molecule has 0 radical (unpaired) electrons. The minimum absolute atomic E-state index is 0.0626. The summed E-state index contributed by atoms with van der Waals surface area (Å²) in [5.41, 5.74) is 8.26. The first-order valence-corrected chi connectivity index (χ1v) is 9.04. The fourth-order valence-corrected chi connectivity index (χ4v) is 3.57. The lowest BCUT2D eigenvalue weighted by Gasteiger charge is -2.25. The lowest BCUT2D eigenvalue weighted by molar-refractivity contribution is 0.0942. The van der Waals surface area contributed by atoms with Crippen molar-refractivity contribution in [3.8, 4) is 5.75 Å². The number of nitrogen functional groups attached to an aromatic ring is 1. The Kier molecular flexibility index (Phi) is 5.39. The molecule has 3 aromatic rings. The molecule has 3 rings (SSSR count). The van der Waals surface area contributed by atoms with Crippen molar-refractivity contribution < 1.29 is 9.53 Å². The van der Waals surface area contributed by atoms with Crippen LogP contribution >= 0.6 is 11.3 Å². The van der Waals surface area contributed by atoms with E-state index in [0.717, 1.165) is 21.5 Å². The van der Waals surface area contributed by atoms with E-state index in [0.29, 0.717) is 17.2 Å². The summed E-state index contributed by atoms with van der Waals surface area (Å²) in [5.74, 6) is 0.701. The SMILES string of the molecule is COc1ccc([C@@H](CNC(=O)c2ccc3nc(N)sc3c2)N(C)C)cc1. The molecular formula is C19H22N4O2S. The number of nitrogens with zero attached hydrogens (tertiary/aromatic N) is 2. The summed E-state index contributed by atoms with van der Waals surface area (Å²) in [6.07, 6.45) is 0. The van der Waals surface area contributed by atoms with Crippen LogP contribution in [0.1, 0.15) is 22.0 Å². The molecule has 0 unspecified atom stereocenters. The molecule has 1 heterocycles. The molecule has 136 valence electrons. The molecule has 3 N–H and O–H groups in total. The number of anilines is 1. The van der Waals surface area contributed by atoms with Gasteiger partial charge in [0.1, 0.15) is 5.75 Å². The Morgan fingerprint density at radius 2 is 2.00 bits per heavy atom. The number of carbonyl (C=O) groups is 1. The smallest absolute Gasteiger partial charge is 0.251 e. The highest BCUT2D eigenvalue weighted by Crippen LogP contribution is 2.25. The maximum Gasteiger partial charge on any atom is 0.251 e. The van der Waals surface area contributed by atoms with Crippen LogP contribution in [0.4, 0.5) is 5.13 Å². The van der Waals surface area contributed by atoms with Crippen molar-refractivity contribution in [1.82, 2.24) is 15.2 Å². The predicted octanol–water partition coefficient (Wildman–Crippen LogP) is 2.92. The lowest BCUT2D eigenvalue weighted by Crippen LogP contribution is -2.34. The summed E-state index contributed by atoms with van der Waals surface area (Å²) in [7, 11) is 5.63. The second-order valence-electron chi connectivity index (χ2n) is 6.20. The number of hydrogen-bond donors (Lipinski definition) is 2. The number of nitrogens with two attached hydrogens (primary N) is 1. The summed E-state index contributed by atoms with van der Waals surface area (Å²) >= 11 is 1.38. The van der Waals surface area contributed by atoms with E-state index in [1.54, 1.807) is 13.2 Å². The maximum absolute atomic E-state index is 12.6. The van der Waals surface area contributed by atoms with Gasteiger partial charge >= 0.3 is 0 Å². The Hall–Kier alpha value is -2.64. The molecule has 0 bridgehead atoms. The van der Waals surface area contributed by atoms with E-state index in [1.165, 1.54) is 11.3 Å². The Labute approximate surface area is 156 Å². The van der Waals surface area contributed by atoms with Crippen LogP contribution in [0.15, 0.2) is 42.5 Å². The van der Waals surface area contributed by atoms with Crippen molar-refractivity contribution in [2.75, 3.05) is 33.5 Å². The van der Waals surface area contributed by atoms with E-state index in [2.05, 4.69) is 15.2 Å². The molecule has 0 spiro atoms. The fraction of sp³-hybridized carbons (Fsp3) is 0.263. The minimum atomic E-state index is -0.112. The van der Waals surface area contributed by atoms with Crippen LogP contribution in [0.25, 0.3) is 10.2 Å². The number of ether oxygens (including phenoxy) is 1. The molecule has 26 heavy (non-hydrogen) atoms. The molecule has 0 aliphatic heterocycles. The number of benzene rings is 2. The highest BCUT2D eigenvalue weighted by molar-refractivity contribution is 7.22. The molecule has 0 saturated heterocycles. The molecule has 0 fully saturated rings. The highest BCUT2D eigenvalue weighted by atomic mass is 32.1. The second-order valence-corrected chi connectivity index (χ2v) is 7.26. The molecule has 1 aromatic heterocycles. The molecule has 1 atom stereocenters. The van der Waals surface area contributed by atoms with Gasteiger partial charge in [0, 0.05) is 12.1 Å². The lowest BCUT2D eigenvalue weighted by atomic mass is 10.1. The number of amides is 1. The topological polar surface area (TPSA) is 80.5 Å². The molecule has 1 amide bonds. The number of fused-ring (bicyclic) bond motifs is 1. The third-order valence-electron chi connectivity index (χ3n) is 4.25. The van der Waals surface area contributed by atoms with Crippen LogP contribution in [-0.2, 0) is 0 Å². The third-order valence-corrected chi connectivity index (χ3v) is 5.09. The zero-order valence-corrected chi connectivity index (χ0v) is 15.8. The second kappa shape index (κ2) is 7.72. The Morgan fingerprint density at radius 3 is 2.65 bits per heavy atom.